The van der Waals surface area contributed by atoms with E-state index in [-0.39, 0.29) is 0 Å². The Balaban J connectivity index is 2.03. The molecule has 6 heteroatoms. The fraction of sp³-hybridized carbons (Fsp3) is 0.133. The Hall–Kier alpha value is -2.40. The summed E-state index contributed by atoms with van der Waals surface area (Å²) >= 11 is 6.15. The van der Waals surface area contributed by atoms with Crippen LogP contribution in [0.3, 0.4) is 0 Å². The molecule has 0 fully saturated rings. The SMILES string of the molecule is Cc1cnc(-c2noc(-c3ccc(N)cc3Cl)n2)c(C)c1. The number of nitrogens with two attached hydrogens (primary N) is 1. The van der Waals surface area contributed by atoms with Crippen molar-refractivity contribution in [3.05, 3.63) is 46.6 Å². The zero-order chi connectivity index (χ0) is 15.0. The molecule has 0 amide bonds. The minimum Gasteiger partial charge on any atom is -0.399 e. The van der Waals surface area contributed by atoms with Gasteiger partial charge < -0.3 is 10.3 Å². The Morgan fingerprint density at radius 1 is 1.19 bits per heavy atom. The molecule has 0 saturated heterocycles. The molecule has 2 N–H and O–H groups in total. The topological polar surface area (TPSA) is 77.8 Å². The van der Waals surface area contributed by atoms with Gasteiger partial charge >= 0.3 is 0 Å². The predicted molar refractivity (Wildman–Crippen MR) is 81.9 cm³/mol. The molecular formula is C15H13ClN4O. The molecule has 21 heavy (non-hydrogen) atoms. The molecule has 2 heterocycles. The van der Waals surface area contributed by atoms with Crippen molar-refractivity contribution < 1.29 is 4.52 Å². The van der Waals surface area contributed by atoms with Crippen LogP contribution >= 0.6 is 11.6 Å². The Morgan fingerprint density at radius 3 is 2.71 bits per heavy atom. The normalized spacial score (nSPS) is 10.8. The third-order valence-electron chi connectivity index (χ3n) is 3.08. The average molecular weight is 301 g/mol. The lowest BCUT2D eigenvalue weighted by Crippen LogP contribution is -1.91. The van der Waals surface area contributed by atoms with Crippen LogP contribution < -0.4 is 5.73 Å². The third kappa shape index (κ3) is 2.60. The highest BCUT2D eigenvalue weighted by Gasteiger charge is 2.15. The summed E-state index contributed by atoms with van der Waals surface area (Å²) < 4.78 is 5.28. The number of aromatic nitrogens is 3. The van der Waals surface area contributed by atoms with Crippen LogP contribution in [0.2, 0.25) is 5.02 Å². The van der Waals surface area contributed by atoms with E-state index in [2.05, 4.69) is 15.1 Å². The van der Waals surface area contributed by atoms with Crippen LogP contribution in [0.4, 0.5) is 5.69 Å². The molecule has 1 aromatic carbocycles. The molecular weight excluding hydrogens is 288 g/mol. The van der Waals surface area contributed by atoms with Crippen LogP contribution in [0, 0.1) is 13.8 Å². The monoisotopic (exact) mass is 300 g/mol. The highest BCUT2D eigenvalue weighted by Crippen LogP contribution is 2.30. The van der Waals surface area contributed by atoms with Gasteiger partial charge in [-0.15, -0.1) is 0 Å². The number of nitrogens with zero attached hydrogens (tertiary/aromatic N) is 3. The van der Waals surface area contributed by atoms with Crippen molar-refractivity contribution in [2.24, 2.45) is 0 Å². The maximum Gasteiger partial charge on any atom is 0.259 e. The molecule has 0 saturated carbocycles. The largest absolute Gasteiger partial charge is 0.399 e. The molecule has 0 bridgehead atoms. The van der Waals surface area contributed by atoms with Gasteiger partial charge in [0.05, 0.1) is 10.6 Å². The van der Waals surface area contributed by atoms with E-state index in [4.69, 9.17) is 21.9 Å². The van der Waals surface area contributed by atoms with Gasteiger partial charge in [-0.1, -0.05) is 22.8 Å². The first-order valence-electron chi connectivity index (χ1n) is 6.37. The number of rotatable bonds is 2. The lowest BCUT2D eigenvalue weighted by Gasteiger charge is -2.01. The number of halogens is 1. The van der Waals surface area contributed by atoms with E-state index in [1.165, 1.54) is 0 Å². The summed E-state index contributed by atoms with van der Waals surface area (Å²) in [6.45, 7) is 3.95. The molecule has 0 aliphatic rings. The Bertz CT molecular complexity index is 747. The quantitative estimate of drug-likeness (QED) is 0.731. The molecule has 0 radical (unpaired) electrons. The van der Waals surface area contributed by atoms with Crippen molar-refractivity contribution in [1.82, 2.24) is 15.1 Å². The zero-order valence-electron chi connectivity index (χ0n) is 11.6. The summed E-state index contributed by atoms with van der Waals surface area (Å²) in [6, 6.07) is 7.16. The van der Waals surface area contributed by atoms with Gasteiger partial charge in [0.1, 0.15) is 5.69 Å². The molecule has 0 aliphatic carbocycles. The van der Waals surface area contributed by atoms with E-state index in [1.54, 1.807) is 24.4 Å². The lowest BCUT2D eigenvalue weighted by molar-refractivity contribution is 0.432. The Labute approximate surface area is 126 Å². The van der Waals surface area contributed by atoms with Crippen molar-refractivity contribution in [3.63, 3.8) is 0 Å². The number of hydrogen-bond donors (Lipinski definition) is 1. The maximum absolute atomic E-state index is 6.15. The van der Waals surface area contributed by atoms with E-state index < -0.39 is 0 Å². The molecule has 0 atom stereocenters. The van der Waals surface area contributed by atoms with Crippen LogP contribution in [-0.4, -0.2) is 15.1 Å². The standard InChI is InChI=1S/C15H13ClN4O/c1-8-5-9(2)13(18-7-8)14-19-15(21-20-14)11-4-3-10(17)6-12(11)16/h3-7H,17H2,1-2H3. The third-order valence-corrected chi connectivity index (χ3v) is 3.39. The average Bonchev–Trinajstić information content (AvgIpc) is 2.87. The van der Waals surface area contributed by atoms with E-state index in [9.17, 15) is 0 Å². The Morgan fingerprint density at radius 2 is 2.00 bits per heavy atom. The number of nitrogen functional groups attached to an aromatic ring is 1. The first kappa shape index (κ1) is 13.6. The van der Waals surface area contributed by atoms with Crippen LogP contribution in [0.1, 0.15) is 11.1 Å². The van der Waals surface area contributed by atoms with Gasteiger partial charge in [-0.2, -0.15) is 4.98 Å². The summed E-state index contributed by atoms with van der Waals surface area (Å²) in [7, 11) is 0. The molecule has 2 aromatic heterocycles. The van der Waals surface area contributed by atoms with Gasteiger partial charge in [-0.05, 0) is 43.2 Å². The highest BCUT2D eigenvalue weighted by atomic mass is 35.5. The molecule has 3 aromatic rings. The van der Waals surface area contributed by atoms with E-state index >= 15 is 0 Å². The van der Waals surface area contributed by atoms with Crippen LogP contribution in [-0.2, 0) is 0 Å². The van der Waals surface area contributed by atoms with Crippen molar-refractivity contribution in [2.45, 2.75) is 13.8 Å². The maximum atomic E-state index is 6.15. The van der Waals surface area contributed by atoms with Crippen LogP contribution in [0.25, 0.3) is 23.0 Å². The van der Waals surface area contributed by atoms with Crippen molar-refractivity contribution >= 4 is 17.3 Å². The summed E-state index contributed by atoms with van der Waals surface area (Å²) in [5, 5.41) is 4.45. The molecule has 0 aliphatic heterocycles. The minimum atomic E-state index is 0.344. The van der Waals surface area contributed by atoms with Gasteiger partial charge in [0.2, 0.25) is 5.82 Å². The van der Waals surface area contributed by atoms with Gasteiger partial charge in [-0.3, -0.25) is 4.98 Å². The van der Waals surface area contributed by atoms with Gasteiger partial charge in [0.15, 0.2) is 0 Å². The fourth-order valence-electron chi connectivity index (χ4n) is 2.08. The lowest BCUT2D eigenvalue weighted by atomic mass is 10.1. The summed E-state index contributed by atoms with van der Waals surface area (Å²) in [6.07, 6.45) is 1.77. The number of benzene rings is 1. The van der Waals surface area contributed by atoms with Gasteiger partial charge in [0, 0.05) is 11.9 Å². The summed E-state index contributed by atoms with van der Waals surface area (Å²) in [4.78, 5) is 8.72. The number of anilines is 1. The molecule has 106 valence electrons. The van der Waals surface area contributed by atoms with Crippen molar-refractivity contribution in [2.75, 3.05) is 5.73 Å². The minimum absolute atomic E-state index is 0.344. The first-order valence-corrected chi connectivity index (χ1v) is 6.75. The number of hydrogen-bond acceptors (Lipinski definition) is 5. The van der Waals surface area contributed by atoms with E-state index in [1.807, 2.05) is 19.9 Å². The second kappa shape index (κ2) is 5.18. The number of pyridine rings is 1. The molecule has 0 unspecified atom stereocenters. The zero-order valence-corrected chi connectivity index (χ0v) is 12.3. The van der Waals surface area contributed by atoms with Crippen LogP contribution in [0.15, 0.2) is 35.0 Å². The second-order valence-corrected chi connectivity index (χ2v) is 5.25. The first-order chi connectivity index (χ1) is 10.0. The fourth-order valence-corrected chi connectivity index (χ4v) is 2.35. The van der Waals surface area contributed by atoms with Crippen LogP contribution in [0.5, 0.6) is 0 Å². The van der Waals surface area contributed by atoms with Crippen molar-refractivity contribution in [1.29, 1.82) is 0 Å². The second-order valence-electron chi connectivity index (χ2n) is 4.84. The van der Waals surface area contributed by atoms with Gasteiger partial charge in [-0.25, -0.2) is 0 Å². The number of aryl methyl sites for hydroxylation is 2. The molecule has 3 rings (SSSR count). The van der Waals surface area contributed by atoms with Gasteiger partial charge in [0.25, 0.3) is 5.89 Å². The highest BCUT2D eigenvalue weighted by molar-refractivity contribution is 6.33. The summed E-state index contributed by atoms with van der Waals surface area (Å²) in [5.41, 5.74) is 9.68. The predicted octanol–water partition coefficient (Wildman–Crippen LogP) is 3.65. The molecule has 0 spiro atoms. The van der Waals surface area contributed by atoms with E-state index in [0.717, 1.165) is 11.1 Å². The Kier molecular flexibility index (Phi) is 3.35. The van der Waals surface area contributed by atoms with Crippen molar-refractivity contribution in [3.8, 4) is 23.0 Å². The smallest absolute Gasteiger partial charge is 0.259 e. The summed E-state index contributed by atoms with van der Waals surface area (Å²) in [5.74, 6) is 0.784. The molecule has 5 nitrogen and oxygen atoms in total. The van der Waals surface area contributed by atoms with E-state index in [0.29, 0.717) is 33.7 Å².